The van der Waals surface area contributed by atoms with E-state index in [2.05, 4.69) is 61.3 Å². The maximum Gasteiger partial charge on any atom is 0.0163 e. The normalized spacial score (nSPS) is 15.6. The summed E-state index contributed by atoms with van der Waals surface area (Å²) in [6.45, 7) is 4.44. The van der Waals surface area contributed by atoms with Gasteiger partial charge in [0.1, 0.15) is 0 Å². The molecule has 0 aromatic heterocycles. The zero-order valence-electron chi connectivity index (χ0n) is 11.6. The molecule has 0 saturated heterocycles. The summed E-state index contributed by atoms with van der Waals surface area (Å²) in [5.74, 6) is 0. The molecule has 0 atom stereocenters. The summed E-state index contributed by atoms with van der Waals surface area (Å²) in [5, 5.41) is 0. The number of hydrogen-bond donors (Lipinski definition) is 0. The van der Waals surface area contributed by atoms with Crippen molar-refractivity contribution >= 4 is 11.8 Å². The van der Waals surface area contributed by atoms with E-state index < -0.39 is 0 Å². The second-order valence-electron chi connectivity index (χ2n) is 5.28. The largest absolute Gasteiger partial charge is 0.308 e. The molecule has 0 spiro atoms. The van der Waals surface area contributed by atoms with Gasteiger partial charge in [-0.2, -0.15) is 0 Å². The number of hydrogen-bond acceptors (Lipinski definition) is 1. The van der Waals surface area contributed by atoms with E-state index in [9.17, 15) is 0 Å². The van der Waals surface area contributed by atoms with Crippen molar-refractivity contribution < 1.29 is 20.1 Å². The monoisotopic (exact) mass is 439 g/mol. The Hall–Kier alpha value is -1.50. The van der Waals surface area contributed by atoms with Crippen LogP contribution in [-0.4, -0.2) is 5.71 Å². The van der Waals surface area contributed by atoms with Gasteiger partial charge in [-0.15, -0.1) is 35.9 Å². The van der Waals surface area contributed by atoms with Crippen molar-refractivity contribution in [3.8, 4) is 0 Å². The number of fused-ring (bicyclic) bond motifs is 1. The number of nitrogens with zero attached hydrogens (tertiary/aromatic N) is 1. The second-order valence-corrected chi connectivity index (χ2v) is 5.28. The molecule has 103 valence electrons. The molecule has 1 radical (unpaired) electrons. The molecule has 0 saturated carbocycles. The summed E-state index contributed by atoms with van der Waals surface area (Å²) < 4.78 is 0. The SMILES string of the molecule is CC1(C)C(c2[c-]cccc2)=NC=Cc2ccccc21.[Ir]. The van der Waals surface area contributed by atoms with Crippen LogP contribution in [0, 0.1) is 6.07 Å². The van der Waals surface area contributed by atoms with Crippen LogP contribution in [0.2, 0.25) is 0 Å². The molecule has 0 unspecified atom stereocenters. The Labute approximate surface area is 133 Å². The molecule has 0 N–H and O–H groups in total. The third kappa shape index (κ3) is 2.54. The third-order valence-electron chi connectivity index (χ3n) is 3.65. The molecule has 0 bridgehead atoms. The predicted octanol–water partition coefficient (Wildman–Crippen LogP) is 4.24. The van der Waals surface area contributed by atoms with Crippen LogP contribution in [0.25, 0.3) is 6.08 Å². The minimum absolute atomic E-state index is 0. The first kappa shape index (κ1) is 14.9. The molecule has 1 nitrogen and oxygen atoms in total. The smallest absolute Gasteiger partial charge is 0.0163 e. The zero-order valence-corrected chi connectivity index (χ0v) is 13.9. The van der Waals surface area contributed by atoms with Crippen LogP contribution in [0.4, 0.5) is 0 Å². The van der Waals surface area contributed by atoms with Gasteiger partial charge in [0.2, 0.25) is 0 Å². The van der Waals surface area contributed by atoms with Crippen molar-refractivity contribution in [3.05, 3.63) is 77.5 Å². The summed E-state index contributed by atoms with van der Waals surface area (Å²) in [6.07, 6.45) is 3.97. The number of benzene rings is 2. The zero-order chi connectivity index (χ0) is 13.3. The van der Waals surface area contributed by atoms with Crippen LogP contribution in [-0.2, 0) is 25.5 Å². The predicted molar refractivity (Wildman–Crippen MR) is 80.3 cm³/mol. The number of rotatable bonds is 1. The Kier molecular flexibility index (Phi) is 4.37. The maximum atomic E-state index is 4.67. The summed E-state index contributed by atoms with van der Waals surface area (Å²) in [7, 11) is 0. The van der Waals surface area contributed by atoms with E-state index in [1.807, 2.05) is 24.4 Å². The first-order valence-corrected chi connectivity index (χ1v) is 6.51. The molecule has 2 heteroatoms. The van der Waals surface area contributed by atoms with Gasteiger partial charge in [-0.3, -0.25) is 0 Å². The standard InChI is InChI=1S/C18H16N.Ir/c1-18(2)16-11-7-6-8-14(16)12-13-19-17(18)15-9-4-3-5-10-15;/h3-9,11-13H,1-2H3;/q-1;. The van der Waals surface area contributed by atoms with Crippen LogP contribution >= 0.6 is 0 Å². The van der Waals surface area contributed by atoms with E-state index >= 15 is 0 Å². The Morgan fingerprint density at radius 2 is 1.75 bits per heavy atom. The third-order valence-corrected chi connectivity index (χ3v) is 3.65. The van der Waals surface area contributed by atoms with Crippen molar-refractivity contribution in [2.75, 3.05) is 0 Å². The molecule has 1 aliphatic rings. The van der Waals surface area contributed by atoms with Crippen LogP contribution < -0.4 is 0 Å². The molecule has 1 aliphatic heterocycles. The van der Waals surface area contributed by atoms with Gasteiger partial charge in [-0.05, 0) is 28.3 Å². The van der Waals surface area contributed by atoms with Gasteiger partial charge in [0.05, 0.1) is 0 Å². The summed E-state index contributed by atoms with van der Waals surface area (Å²) in [6, 6.07) is 19.8. The van der Waals surface area contributed by atoms with Crippen molar-refractivity contribution in [3.63, 3.8) is 0 Å². The summed E-state index contributed by atoms with van der Waals surface area (Å²) in [4.78, 5) is 4.67. The fourth-order valence-corrected chi connectivity index (χ4v) is 2.64. The Balaban J connectivity index is 0.00000147. The van der Waals surface area contributed by atoms with Crippen LogP contribution in [0.15, 0.2) is 59.7 Å². The molecule has 2 aromatic rings. The Morgan fingerprint density at radius 3 is 2.50 bits per heavy atom. The topological polar surface area (TPSA) is 12.4 Å². The molecule has 3 rings (SSSR count). The van der Waals surface area contributed by atoms with Crippen molar-refractivity contribution in [1.82, 2.24) is 0 Å². The van der Waals surface area contributed by atoms with Crippen LogP contribution in [0.3, 0.4) is 0 Å². The first-order valence-electron chi connectivity index (χ1n) is 6.51. The van der Waals surface area contributed by atoms with Gasteiger partial charge < -0.3 is 4.99 Å². The maximum absolute atomic E-state index is 4.67. The molecule has 0 fully saturated rings. The molecular formula is C18H16IrN-. The van der Waals surface area contributed by atoms with E-state index in [4.69, 9.17) is 0 Å². The second kappa shape index (κ2) is 5.87. The van der Waals surface area contributed by atoms with Crippen LogP contribution in [0.1, 0.15) is 30.5 Å². The average Bonchev–Trinajstić information content (AvgIpc) is 2.57. The van der Waals surface area contributed by atoms with Gasteiger partial charge in [-0.1, -0.05) is 38.1 Å². The quantitative estimate of drug-likeness (QED) is 0.591. The van der Waals surface area contributed by atoms with E-state index in [0.29, 0.717) is 0 Å². The minimum Gasteiger partial charge on any atom is -0.308 e. The molecule has 0 amide bonds. The summed E-state index contributed by atoms with van der Waals surface area (Å²) >= 11 is 0. The molecule has 2 aromatic carbocycles. The summed E-state index contributed by atoms with van der Waals surface area (Å²) in [5.41, 5.74) is 4.54. The van der Waals surface area contributed by atoms with Gasteiger partial charge in [0.15, 0.2) is 0 Å². The van der Waals surface area contributed by atoms with E-state index in [1.54, 1.807) is 0 Å². The van der Waals surface area contributed by atoms with E-state index in [1.165, 1.54) is 11.1 Å². The Morgan fingerprint density at radius 1 is 1.00 bits per heavy atom. The van der Waals surface area contributed by atoms with Crippen molar-refractivity contribution in [2.24, 2.45) is 4.99 Å². The average molecular weight is 439 g/mol. The fourth-order valence-electron chi connectivity index (χ4n) is 2.64. The first-order chi connectivity index (χ1) is 9.19. The van der Waals surface area contributed by atoms with Crippen LogP contribution in [0.5, 0.6) is 0 Å². The molecule has 20 heavy (non-hydrogen) atoms. The number of aliphatic imine (C=N–C) groups is 1. The molecule has 1 heterocycles. The van der Waals surface area contributed by atoms with Gasteiger partial charge >= 0.3 is 0 Å². The molecular weight excluding hydrogens is 422 g/mol. The molecule has 0 aliphatic carbocycles. The minimum atomic E-state index is -0.127. The fraction of sp³-hybridized carbons (Fsp3) is 0.167. The van der Waals surface area contributed by atoms with Gasteiger partial charge in [0.25, 0.3) is 0 Å². The van der Waals surface area contributed by atoms with Gasteiger partial charge in [-0.25, -0.2) is 0 Å². The van der Waals surface area contributed by atoms with E-state index in [-0.39, 0.29) is 25.5 Å². The Bertz CT molecular complexity index is 654. The van der Waals surface area contributed by atoms with Gasteiger partial charge in [0, 0.05) is 26.3 Å². The van der Waals surface area contributed by atoms with Crippen molar-refractivity contribution in [1.29, 1.82) is 0 Å². The van der Waals surface area contributed by atoms with Crippen molar-refractivity contribution in [2.45, 2.75) is 19.3 Å². The van der Waals surface area contributed by atoms with E-state index in [0.717, 1.165) is 11.3 Å².